The van der Waals surface area contributed by atoms with Crippen molar-refractivity contribution in [3.63, 3.8) is 0 Å². The van der Waals surface area contributed by atoms with Crippen LogP contribution in [0.1, 0.15) is 17.4 Å². The third-order valence-corrected chi connectivity index (χ3v) is 7.87. The SMILES string of the molecule is C[Si](C)(C)CCOC1=CCON(Cc2ccccc2)[C@H]1[C@H]1COC(c2ccc(Br)cc2)O1. The van der Waals surface area contributed by atoms with E-state index in [-0.39, 0.29) is 12.1 Å². The van der Waals surface area contributed by atoms with Crippen LogP contribution >= 0.6 is 15.9 Å². The Labute approximate surface area is 200 Å². The molecule has 2 heterocycles. The highest BCUT2D eigenvalue weighted by Gasteiger charge is 2.41. The Morgan fingerprint density at radius 2 is 1.81 bits per heavy atom. The Morgan fingerprint density at radius 1 is 1.06 bits per heavy atom. The first kappa shape index (κ1) is 23.7. The predicted molar refractivity (Wildman–Crippen MR) is 132 cm³/mol. The van der Waals surface area contributed by atoms with Crippen molar-refractivity contribution in [2.75, 3.05) is 19.8 Å². The number of benzene rings is 2. The van der Waals surface area contributed by atoms with Crippen LogP contribution < -0.4 is 0 Å². The third kappa shape index (κ3) is 6.31. The van der Waals surface area contributed by atoms with Crippen molar-refractivity contribution in [1.29, 1.82) is 0 Å². The summed E-state index contributed by atoms with van der Waals surface area (Å²) < 4.78 is 19.8. The maximum atomic E-state index is 6.40. The minimum Gasteiger partial charge on any atom is -0.497 e. The van der Waals surface area contributed by atoms with Gasteiger partial charge >= 0.3 is 0 Å². The van der Waals surface area contributed by atoms with Crippen molar-refractivity contribution in [3.05, 3.63) is 82.0 Å². The average molecular weight is 519 g/mol. The van der Waals surface area contributed by atoms with Crippen molar-refractivity contribution in [2.45, 2.75) is 50.7 Å². The van der Waals surface area contributed by atoms with Crippen molar-refractivity contribution in [1.82, 2.24) is 5.06 Å². The molecule has 5 nitrogen and oxygen atoms in total. The minimum atomic E-state index is -1.19. The van der Waals surface area contributed by atoms with E-state index >= 15 is 0 Å². The molecule has 0 aliphatic carbocycles. The van der Waals surface area contributed by atoms with Gasteiger partial charge in [-0.1, -0.05) is 78.0 Å². The van der Waals surface area contributed by atoms with E-state index in [9.17, 15) is 0 Å². The topological polar surface area (TPSA) is 40.2 Å². The van der Waals surface area contributed by atoms with Gasteiger partial charge in [-0.15, -0.1) is 0 Å². The summed E-state index contributed by atoms with van der Waals surface area (Å²) in [6, 6.07) is 19.4. The maximum absolute atomic E-state index is 6.40. The number of halogens is 1. The van der Waals surface area contributed by atoms with Crippen LogP contribution in [-0.4, -0.2) is 45.1 Å². The Kier molecular flexibility index (Phi) is 7.86. The van der Waals surface area contributed by atoms with E-state index in [0.29, 0.717) is 19.8 Å². The molecule has 0 spiro atoms. The molecule has 2 aliphatic rings. The largest absolute Gasteiger partial charge is 0.497 e. The van der Waals surface area contributed by atoms with Gasteiger partial charge < -0.3 is 14.2 Å². The second-order valence-electron chi connectivity index (χ2n) is 9.46. The predicted octanol–water partition coefficient (Wildman–Crippen LogP) is 5.92. The summed E-state index contributed by atoms with van der Waals surface area (Å²) in [7, 11) is -1.19. The molecule has 0 bridgehead atoms. The molecule has 2 aromatic carbocycles. The molecule has 0 aromatic heterocycles. The first-order valence-electron chi connectivity index (χ1n) is 11.2. The summed E-state index contributed by atoms with van der Waals surface area (Å²) >= 11 is 3.49. The lowest BCUT2D eigenvalue weighted by molar-refractivity contribution is -0.217. The van der Waals surface area contributed by atoms with E-state index in [4.69, 9.17) is 19.0 Å². The van der Waals surface area contributed by atoms with Crippen LogP contribution in [0.3, 0.4) is 0 Å². The van der Waals surface area contributed by atoms with Crippen LogP contribution in [0.2, 0.25) is 25.7 Å². The zero-order chi connectivity index (χ0) is 22.6. The van der Waals surface area contributed by atoms with Gasteiger partial charge in [0.15, 0.2) is 6.29 Å². The van der Waals surface area contributed by atoms with Gasteiger partial charge in [0.25, 0.3) is 0 Å². The van der Waals surface area contributed by atoms with E-state index in [1.807, 2.05) is 53.6 Å². The van der Waals surface area contributed by atoms with Crippen molar-refractivity contribution in [3.8, 4) is 0 Å². The molecule has 7 heteroatoms. The van der Waals surface area contributed by atoms with E-state index < -0.39 is 14.4 Å². The monoisotopic (exact) mass is 517 g/mol. The number of hydroxylamine groups is 2. The fourth-order valence-corrected chi connectivity index (χ4v) is 4.81. The molecule has 0 amide bonds. The van der Waals surface area contributed by atoms with Gasteiger partial charge in [-0.2, -0.15) is 5.06 Å². The van der Waals surface area contributed by atoms with Gasteiger partial charge in [0.05, 0.1) is 26.4 Å². The van der Waals surface area contributed by atoms with Crippen molar-refractivity contribution < 1.29 is 19.0 Å². The van der Waals surface area contributed by atoms with Crippen molar-refractivity contribution in [2.24, 2.45) is 0 Å². The summed E-state index contributed by atoms with van der Waals surface area (Å²) in [5.41, 5.74) is 2.19. The number of hydrogen-bond donors (Lipinski definition) is 0. The van der Waals surface area contributed by atoms with Crippen LogP contribution in [-0.2, 0) is 25.6 Å². The van der Waals surface area contributed by atoms with Crippen LogP contribution in [0.15, 0.2) is 70.9 Å². The lowest BCUT2D eigenvalue weighted by Crippen LogP contribution is -2.48. The van der Waals surface area contributed by atoms with Crippen LogP contribution in [0.5, 0.6) is 0 Å². The third-order valence-electron chi connectivity index (χ3n) is 5.63. The van der Waals surface area contributed by atoms with Gasteiger partial charge in [-0.25, -0.2) is 0 Å². The fourth-order valence-electron chi connectivity index (χ4n) is 3.83. The van der Waals surface area contributed by atoms with Crippen LogP contribution in [0, 0.1) is 0 Å². The Morgan fingerprint density at radius 3 is 2.53 bits per heavy atom. The molecule has 2 aromatic rings. The highest BCUT2D eigenvalue weighted by atomic mass is 79.9. The Bertz CT molecular complexity index is 900. The second kappa shape index (κ2) is 10.6. The fraction of sp³-hybridized carbons (Fsp3) is 0.440. The highest BCUT2D eigenvalue weighted by Crippen LogP contribution is 2.34. The molecule has 0 saturated carbocycles. The lowest BCUT2D eigenvalue weighted by Gasteiger charge is -2.37. The average Bonchev–Trinajstić information content (AvgIpc) is 3.24. The summed E-state index contributed by atoms with van der Waals surface area (Å²) in [6.07, 6.45) is 1.47. The molecule has 32 heavy (non-hydrogen) atoms. The van der Waals surface area contributed by atoms with Gasteiger partial charge in [0, 0.05) is 18.1 Å². The molecular formula is C25H32BrNO4Si. The van der Waals surface area contributed by atoms with Gasteiger partial charge in [-0.3, -0.25) is 4.84 Å². The Hall–Kier alpha value is -1.48. The molecule has 3 atom stereocenters. The zero-order valence-electron chi connectivity index (χ0n) is 19.0. The summed E-state index contributed by atoms with van der Waals surface area (Å²) in [6.45, 7) is 9.45. The molecule has 2 aliphatic heterocycles. The molecule has 4 rings (SSSR count). The molecule has 172 valence electrons. The van der Waals surface area contributed by atoms with Gasteiger partial charge in [0.2, 0.25) is 0 Å². The molecule has 0 radical (unpaired) electrons. The minimum absolute atomic E-state index is 0.161. The van der Waals surface area contributed by atoms with Gasteiger partial charge in [0.1, 0.15) is 17.9 Å². The van der Waals surface area contributed by atoms with Crippen LogP contribution in [0.25, 0.3) is 0 Å². The first-order chi connectivity index (χ1) is 15.4. The summed E-state index contributed by atoms with van der Waals surface area (Å²) in [5.74, 6) is 0.926. The first-order valence-corrected chi connectivity index (χ1v) is 15.7. The number of ether oxygens (including phenoxy) is 3. The van der Waals surface area contributed by atoms with E-state index in [1.54, 1.807) is 0 Å². The number of hydrogen-bond acceptors (Lipinski definition) is 5. The van der Waals surface area contributed by atoms with E-state index in [0.717, 1.165) is 28.4 Å². The standard InChI is InChI=1S/C25H32BrNO4Si/c1-32(2,3)16-15-28-22-13-14-30-27(17-19-7-5-4-6-8-19)24(22)23-18-29-25(31-23)20-9-11-21(26)12-10-20/h4-13,23-25H,14-18H2,1-3H3/t23-,24-,25?/m1/s1. The number of rotatable bonds is 8. The maximum Gasteiger partial charge on any atom is 0.184 e. The zero-order valence-corrected chi connectivity index (χ0v) is 21.6. The number of nitrogens with zero attached hydrogens (tertiary/aromatic N) is 1. The molecule has 0 N–H and O–H groups in total. The normalized spacial score (nSPS) is 24.4. The van der Waals surface area contributed by atoms with Crippen LogP contribution in [0.4, 0.5) is 0 Å². The smallest absolute Gasteiger partial charge is 0.184 e. The lowest BCUT2D eigenvalue weighted by atomic mass is 10.1. The summed E-state index contributed by atoms with van der Waals surface area (Å²) in [4.78, 5) is 6.08. The Balaban J connectivity index is 1.51. The molecule has 1 unspecified atom stereocenters. The summed E-state index contributed by atoms with van der Waals surface area (Å²) in [5, 5.41) is 2.00. The van der Waals surface area contributed by atoms with E-state index in [2.05, 4.69) is 47.7 Å². The molecule has 1 saturated heterocycles. The highest BCUT2D eigenvalue weighted by molar-refractivity contribution is 9.10. The van der Waals surface area contributed by atoms with Crippen molar-refractivity contribution >= 4 is 24.0 Å². The van der Waals surface area contributed by atoms with Gasteiger partial charge in [-0.05, 0) is 29.8 Å². The molecule has 1 fully saturated rings. The van der Waals surface area contributed by atoms with E-state index in [1.165, 1.54) is 5.56 Å². The molecular weight excluding hydrogens is 486 g/mol. The second-order valence-corrected chi connectivity index (χ2v) is 16.0. The quantitative estimate of drug-likeness (QED) is 0.406.